The van der Waals surface area contributed by atoms with Gasteiger partial charge < -0.3 is 5.21 Å². The molecule has 1 heterocycles. The van der Waals surface area contributed by atoms with Gasteiger partial charge in [0.15, 0.2) is 0 Å². The molecule has 18 heavy (non-hydrogen) atoms. The van der Waals surface area contributed by atoms with Gasteiger partial charge in [0.05, 0.1) is 0 Å². The molecule has 1 aromatic heterocycles. The summed E-state index contributed by atoms with van der Waals surface area (Å²) in [5.74, 6) is 0. The Hall–Kier alpha value is -2.62. The summed E-state index contributed by atoms with van der Waals surface area (Å²) in [6.45, 7) is 0. The van der Waals surface area contributed by atoms with E-state index in [1.807, 2.05) is 54.6 Å². The number of rotatable bonds is 2. The summed E-state index contributed by atoms with van der Waals surface area (Å²) >= 11 is 0. The van der Waals surface area contributed by atoms with Crippen molar-refractivity contribution in [3.8, 4) is 0 Å². The van der Waals surface area contributed by atoms with Gasteiger partial charge in [0.2, 0.25) is 11.0 Å². The highest BCUT2D eigenvalue weighted by atomic mass is 16.8. The minimum Gasteiger partial charge on any atom is -0.359 e. The largest absolute Gasteiger partial charge is 0.359 e. The highest BCUT2D eigenvalue weighted by Crippen LogP contribution is 2.13. The molecule has 0 amide bonds. The molecule has 0 saturated carbocycles. The van der Waals surface area contributed by atoms with Gasteiger partial charge in [-0.3, -0.25) is 4.63 Å². The smallest absolute Gasteiger partial charge is 0.249 e. The van der Waals surface area contributed by atoms with Gasteiger partial charge in [-0.15, -0.1) is 0 Å². The van der Waals surface area contributed by atoms with Crippen molar-refractivity contribution in [2.75, 3.05) is 0 Å². The standard InChI is InChI=1S/C14H10N2O2/c17-16-14-9-8-12(10-13(14)15-18-16)7-6-11-4-2-1-3-5-11/h1-10H. The molecule has 0 aliphatic heterocycles. The molecule has 0 saturated heterocycles. The van der Waals surface area contributed by atoms with Crippen LogP contribution in [0, 0.1) is 5.21 Å². The van der Waals surface area contributed by atoms with Gasteiger partial charge in [0.1, 0.15) is 0 Å². The van der Waals surface area contributed by atoms with E-state index in [2.05, 4.69) is 9.79 Å². The van der Waals surface area contributed by atoms with Crippen LogP contribution in [0.25, 0.3) is 23.2 Å². The van der Waals surface area contributed by atoms with Crippen molar-refractivity contribution in [3.63, 3.8) is 0 Å². The number of benzene rings is 2. The Labute approximate surface area is 103 Å². The van der Waals surface area contributed by atoms with E-state index in [-0.39, 0.29) is 0 Å². The zero-order valence-corrected chi connectivity index (χ0v) is 9.48. The first-order valence-corrected chi connectivity index (χ1v) is 5.55. The van der Waals surface area contributed by atoms with Crippen LogP contribution in [0.15, 0.2) is 53.2 Å². The molecule has 88 valence electrons. The Kier molecular flexibility index (Phi) is 2.53. The molecule has 4 heteroatoms. The molecule has 2 aromatic carbocycles. The second-order valence-corrected chi connectivity index (χ2v) is 3.92. The fourth-order valence-corrected chi connectivity index (χ4v) is 1.75. The van der Waals surface area contributed by atoms with E-state index in [4.69, 9.17) is 0 Å². The van der Waals surface area contributed by atoms with Crippen LogP contribution in [0.3, 0.4) is 0 Å². The minimum absolute atomic E-state index is 0.403. The van der Waals surface area contributed by atoms with Crippen LogP contribution in [-0.4, -0.2) is 5.16 Å². The lowest BCUT2D eigenvalue weighted by Crippen LogP contribution is -2.22. The molecule has 0 fully saturated rings. The van der Waals surface area contributed by atoms with Crippen LogP contribution in [0.4, 0.5) is 0 Å². The van der Waals surface area contributed by atoms with Gasteiger partial charge in [-0.2, -0.15) is 0 Å². The van der Waals surface area contributed by atoms with Crippen LogP contribution in [-0.2, 0) is 0 Å². The molecule has 3 aromatic rings. The van der Waals surface area contributed by atoms with Crippen LogP contribution < -0.4 is 4.90 Å². The molecule has 0 unspecified atom stereocenters. The zero-order valence-electron chi connectivity index (χ0n) is 9.48. The predicted molar refractivity (Wildman–Crippen MR) is 68.3 cm³/mol. The SMILES string of the molecule is [O-][n+]1onc2cc(C=Cc3ccccc3)ccc21. The van der Waals surface area contributed by atoms with E-state index in [0.29, 0.717) is 15.9 Å². The lowest BCUT2D eigenvalue weighted by Gasteiger charge is -1.93. The summed E-state index contributed by atoms with van der Waals surface area (Å²) in [6, 6.07) is 15.4. The summed E-state index contributed by atoms with van der Waals surface area (Å²) < 4.78 is 4.52. The molecule has 0 aliphatic rings. The number of nitrogens with zero attached hydrogens (tertiary/aromatic N) is 2. The van der Waals surface area contributed by atoms with Gasteiger partial charge in [-0.05, 0) is 22.1 Å². The van der Waals surface area contributed by atoms with Crippen LogP contribution in [0.1, 0.15) is 11.1 Å². The van der Waals surface area contributed by atoms with Gasteiger partial charge in [-0.1, -0.05) is 48.6 Å². The molecule has 0 aliphatic carbocycles. The molecule has 0 bridgehead atoms. The van der Waals surface area contributed by atoms with Gasteiger partial charge in [0, 0.05) is 11.2 Å². The molecule has 0 N–H and O–H groups in total. The van der Waals surface area contributed by atoms with E-state index < -0.39 is 0 Å². The Morgan fingerprint density at radius 2 is 1.78 bits per heavy atom. The van der Waals surface area contributed by atoms with E-state index in [1.54, 1.807) is 6.07 Å². The van der Waals surface area contributed by atoms with Crippen molar-refractivity contribution in [2.45, 2.75) is 0 Å². The molecule has 4 nitrogen and oxygen atoms in total. The van der Waals surface area contributed by atoms with Crippen molar-refractivity contribution in [2.24, 2.45) is 0 Å². The van der Waals surface area contributed by atoms with Gasteiger partial charge in [0.25, 0.3) is 0 Å². The summed E-state index contributed by atoms with van der Waals surface area (Å²) in [5.41, 5.74) is 3.09. The fraction of sp³-hybridized carbons (Fsp3) is 0. The molecule has 0 radical (unpaired) electrons. The van der Waals surface area contributed by atoms with Crippen LogP contribution in [0.5, 0.6) is 0 Å². The van der Waals surface area contributed by atoms with Crippen molar-refractivity contribution < 1.29 is 9.53 Å². The number of hydrogen-bond donors (Lipinski definition) is 0. The first-order chi connectivity index (χ1) is 8.83. The van der Waals surface area contributed by atoms with Crippen LogP contribution >= 0.6 is 0 Å². The minimum atomic E-state index is 0.403. The lowest BCUT2D eigenvalue weighted by atomic mass is 10.1. The highest BCUT2D eigenvalue weighted by molar-refractivity contribution is 5.77. The number of aromatic nitrogens is 2. The van der Waals surface area contributed by atoms with E-state index in [9.17, 15) is 5.21 Å². The second-order valence-electron chi connectivity index (χ2n) is 3.92. The van der Waals surface area contributed by atoms with E-state index in [0.717, 1.165) is 11.1 Å². The lowest BCUT2D eigenvalue weighted by molar-refractivity contribution is -0.782. The van der Waals surface area contributed by atoms with Crippen molar-refractivity contribution in [3.05, 3.63) is 64.9 Å². The summed E-state index contributed by atoms with van der Waals surface area (Å²) in [6.07, 6.45) is 3.98. The first kappa shape index (κ1) is 10.5. The number of fused-ring (bicyclic) bond motifs is 1. The predicted octanol–water partition coefficient (Wildman–Crippen LogP) is 2.63. The van der Waals surface area contributed by atoms with Crippen molar-refractivity contribution in [1.82, 2.24) is 5.16 Å². The highest BCUT2D eigenvalue weighted by Gasteiger charge is 2.07. The second kappa shape index (κ2) is 4.33. The maximum absolute atomic E-state index is 11.1. The van der Waals surface area contributed by atoms with Crippen molar-refractivity contribution in [1.29, 1.82) is 0 Å². The Bertz CT molecular complexity index is 702. The third-order valence-electron chi connectivity index (χ3n) is 2.68. The average molecular weight is 238 g/mol. The molecular weight excluding hydrogens is 228 g/mol. The number of hydrogen-bond acceptors (Lipinski definition) is 3. The molecule has 0 atom stereocenters. The topological polar surface area (TPSA) is 53.0 Å². The maximum atomic E-state index is 11.1. The van der Waals surface area contributed by atoms with E-state index >= 15 is 0 Å². The van der Waals surface area contributed by atoms with Crippen molar-refractivity contribution >= 4 is 23.2 Å². The van der Waals surface area contributed by atoms with Crippen LogP contribution in [0.2, 0.25) is 0 Å². The van der Waals surface area contributed by atoms with Gasteiger partial charge in [-0.25, -0.2) is 0 Å². The Morgan fingerprint density at radius 3 is 2.61 bits per heavy atom. The van der Waals surface area contributed by atoms with Gasteiger partial charge >= 0.3 is 0 Å². The van der Waals surface area contributed by atoms with E-state index in [1.165, 1.54) is 0 Å². The summed E-state index contributed by atoms with van der Waals surface area (Å²) in [7, 11) is 0. The summed E-state index contributed by atoms with van der Waals surface area (Å²) in [4.78, 5) is 0.403. The average Bonchev–Trinajstić information content (AvgIpc) is 2.79. The summed E-state index contributed by atoms with van der Waals surface area (Å²) in [5, 5.41) is 14.8. The molecule has 3 rings (SSSR count). The monoisotopic (exact) mass is 238 g/mol. The molecule has 0 spiro atoms. The quantitative estimate of drug-likeness (QED) is 0.509. The third-order valence-corrected chi connectivity index (χ3v) is 2.68. The Morgan fingerprint density at radius 1 is 1.00 bits per heavy atom. The maximum Gasteiger partial charge on any atom is 0.249 e. The molecular formula is C14H10N2O2. The zero-order chi connectivity index (χ0) is 12.4. The first-order valence-electron chi connectivity index (χ1n) is 5.55. The fourth-order valence-electron chi connectivity index (χ4n) is 1.75. The normalized spacial score (nSPS) is 11.3. The third kappa shape index (κ3) is 1.96. The Balaban J connectivity index is 1.93.